The molecule has 0 amide bonds. The van der Waals surface area contributed by atoms with Crippen LogP contribution in [-0.4, -0.2) is 25.3 Å². The molecule has 0 rings (SSSR count). The summed E-state index contributed by atoms with van der Waals surface area (Å²) >= 11 is 0. The van der Waals surface area contributed by atoms with Gasteiger partial charge < -0.3 is 13.8 Å². The normalized spacial score (nSPS) is 13.9. The van der Waals surface area contributed by atoms with E-state index >= 15 is 0 Å². The first-order chi connectivity index (χ1) is 9.67. The van der Waals surface area contributed by atoms with Gasteiger partial charge in [-0.15, -0.1) is 0 Å². The van der Waals surface area contributed by atoms with Crippen molar-refractivity contribution in [3.05, 3.63) is 36.1 Å². The Morgan fingerprint density at radius 1 is 1.20 bits per heavy atom. The molecule has 0 aromatic rings. The van der Waals surface area contributed by atoms with Crippen LogP contribution in [0, 0.1) is 0 Å². The summed E-state index contributed by atoms with van der Waals surface area (Å²) in [6.07, 6.45) is 11.2. The van der Waals surface area contributed by atoms with Crippen LogP contribution in [0.25, 0.3) is 0 Å². The summed E-state index contributed by atoms with van der Waals surface area (Å²) in [5.41, 5.74) is 0. The van der Waals surface area contributed by atoms with E-state index in [2.05, 4.69) is 6.92 Å². The molecule has 0 aliphatic heterocycles. The second-order valence-corrected chi connectivity index (χ2v) is 5.36. The zero-order chi connectivity index (χ0) is 15.2. The number of hydrogen-bond acceptors (Lipinski definition) is 4. The van der Waals surface area contributed by atoms with Gasteiger partial charge in [0.1, 0.15) is 5.76 Å². The Labute approximate surface area is 123 Å². The molecule has 0 aliphatic rings. The highest BCUT2D eigenvalue weighted by Crippen LogP contribution is 2.41. The molecule has 0 aromatic carbocycles. The van der Waals surface area contributed by atoms with Crippen LogP contribution in [0.4, 0.5) is 0 Å². The minimum atomic E-state index is -1.11. The van der Waals surface area contributed by atoms with Crippen LogP contribution in [-0.2, 0) is 18.6 Å². The van der Waals surface area contributed by atoms with E-state index < -0.39 is 8.38 Å². The van der Waals surface area contributed by atoms with Crippen molar-refractivity contribution in [3.63, 3.8) is 0 Å². The quantitative estimate of drug-likeness (QED) is 0.260. The van der Waals surface area contributed by atoms with Crippen LogP contribution in [0.3, 0.4) is 0 Å². The second kappa shape index (κ2) is 12.9. The first-order valence-electron chi connectivity index (χ1n) is 6.87. The average Bonchev–Trinajstić information content (AvgIpc) is 2.44. The molecule has 0 heterocycles. The Hall–Kier alpha value is -1.12. The van der Waals surface area contributed by atoms with Gasteiger partial charge in [0.15, 0.2) is 6.61 Å². The molecule has 0 saturated heterocycles. The molecule has 0 saturated carbocycles. The highest BCUT2D eigenvalue weighted by atomic mass is 31.2. The Morgan fingerprint density at radius 3 is 2.50 bits per heavy atom. The molecule has 0 bridgehead atoms. The van der Waals surface area contributed by atoms with E-state index in [-0.39, 0.29) is 12.6 Å². The first kappa shape index (κ1) is 18.9. The van der Waals surface area contributed by atoms with E-state index in [9.17, 15) is 4.79 Å². The maximum atomic E-state index is 11.3. The van der Waals surface area contributed by atoms with Crippen molar-refractivity contribution in [3.8, 4) is 0 Å². The number of ether oxygens (including phenoxy) is 1. The van der Waals surface area contributed by atoms with E-state index in [0.29, 0.717) is 6.61 Å². The molecule has 0 aromatic heterocycles. The van der Waals surface area contributed by atoms with E-state index in [1.165, 1.54) is 0 Å². The Bertz CT molecular complexity index is 348. The fraction of sp³-hybridized carbons (Fsp3) is 0.533. The lowest BCUT2D eigenvalue weighted by Crippen LogP contribution is -2.11. The maximum Gasteiger partial charge on any atom is 0.332 e. The zero-order valence-corrected chi connectivity index (χ0v) is 13.7. The van der Waals surface area contributed by atoms with Gasteiger partial charge in [0.05, 0.1) is 6.61 Å². The van der Waals surface area contributed by atoms with Crippen molar-refractivity contribution in [2.45, 2.75) is 34.1 Å². The third kappa shape index (κ3) is 9.76. The van der Waals surface area contributed by atoms with Gasteiger partial charge in [-0.25, -0.2) is 4.79 Å². The standard InChI is InChI=1S/C15H25O4P/c1-5-9-10-11-14(7-3)19-20(12-6-2)18-13-15(16)17-8-4/h5,7,9-11H,6,8,12-13H2,1-4H3/b9-5-,11-10-,14-7+. The molecular formula is C15H25O4P. The molecule has 20 heavy (non-hydrogen) atoms. The van der Waals surface area contributed by atoms with Gasteiger partial charge in [-0.2, -0.15) is 0 Å². The van der Waals surface area contributed by atoms with Gasteiger partial charge in [-0.05, 0) is 39.3 Å². The molecular weight excluding hydrogens is 275 g/mol. The maximum absolute atomic E-state index is 11.3. The summed E-state index contributed by atoms with van der Waals surface area (Å²) in [4.78, 5) is 11.3. The van der Waals surface area contributed by atoms with Crippen LogP contribution >= 0.6 is 8.38 Å². The van der Waals surface area contributed by atoms with E-state index in [4.69, 9.17) is 13.8 Å². The van der Waals surface area contributed by atoms with E-state index in [0.717, 1.165) is 18.3 Å². The van der Waals surface area contributed by atoms with E-state index in [1.54, 1.807) is 6.92 Å². The Balaban J connectivity index is 4.39. The lowest BCUT2D eigenvalue weighted by molar-refractivity contribution is -0.145. The summed E-state index contributed by atoms with van der Waals surface area (Å²) < 4.78 is 16.1. The van der Waals surface area contributed by atoms with Crippen LogP contribution < -0.4 is 0 Å². The van der Waals surface area contributed by atoms with Gasteiger partial charge in [0, 0.05) is 6.16 Å². The van der Waals surface area contributed by atoms with Gasteiger partial charge in [-0.1, -0.05) is 25.2 Å². The Kier molecular flexibility index (Phi) is 12.2. The second-order valence-electron chi connectivity index (χ2n) is 3.80. The molecule has 5 heteroatoms. The predicted octanol–water partition coefficient (Wildman–Crippen LogP) is 4.34. The van der Waals surface area contributed by atoms with Crippen molar-refractivity contribution in [2.75, 3.05) is 19.4 Å². The highest BCUT2D eigenvalue weighted by Gasteiger charge is 2.14. The van der Waals surface area contributed by atoms with Gasteiger partial charge in [0.25, 0.3) is 0 Å². The van der Waals surface area contributed by atoms with Crippen LogP contribution in [0.5, 0.6) is 0 Å². The van der Waals surface area contributed by atoms with Gasteiger partial charge in [0.2, 0.25) is 8.38 Å². The fourth-order valence-electron chi connectivity index (χ4n) is 1.20. The summed E-state index contributed by atoms with van der Waals surface area (Å²) in [5, 5.41) is 0. The smallest absolute Gasteiger partial charge is 0.332 e. The lowest BCUT2D eigenvalue weighted by atomic mass is 10.4. The third-order valence-electron chi connectivity index (χ3n) is 2.09. The molecule has 4 nitrogen and oxygen atoms in total. The summed E-state index contributed by atoms with van der Waals surface area (Å²) in [7, 11) is -1.11. The van der Waals surface area contributed by atoms with Crippen LogP contribution in [0.2, 0.25) is 0 Å². The monoisotopic (exact) mass is 300 g/mol. The molecule has 0 radical (unpaired) electrons. The van der Waals surface area contributed by atoms with E-state index in [1.807, 2.05) is 44.2 Å². The molecule has 0 N–H and O–H groups in total. The fourth-order valence-corrected chi connectivity index (χ4v) is 2.49. The summed E-state index contributed by atoms with van der Waals surface area (Å²) in [6.45, 7) is 7.98. The SMILES string of the molecule is C\C=C/C=C\C(=C/C)OP(CCC)OCC(=O)OCC. The molecule has 114 valence electrons. The molecule has 0 spiro atoms. The predicted molar refractivity (Wildman–Crippen MR) is 83.5 cm³/mol. The van der Waals surface area contributed by atoms with Crippen molar-refractivity contribution < 1.29 is 18.6 Å². The minimum absolute atomic E-state index is 0.0604. The zero-order valence-electron chi connectivity index (χ0n) is 12.8. The summed E-state index contributed by atoms with van der Waals surface area (Å²) in [5.74, 6) is 0.387. The molecule has 0 fully saturated rings. The average molecular weight is 300 g/mol. The first-order valence-corrected chi connectivity index (χ1v) is 8.23. The Morgan fingerprint density at radius 2 is 1.95 bits per heavy atom. The molecule has 1 atom stereocenters. The van der Waals surface area contributed by atoms with Crippen molar-refractivity contribution >= 4 is 14.3 Å². The van der Waals surface area contributed by atoms with Gasteiger partial charge in [-0.3, -0.25) is 0 Å². The van der Waals surface area contributed by atoms with Gasteiger partial charge >= 0.3 is 5.97 Å². The topological polar surface area (TPSA) is 44.8 Å². The molecule has 1 unspecified atom stereocenters. The number of carbonyl (C=O) groups excluding carboxylic acids is 1. The number of carbonyl (C=O) groups is 1. The minimum Gasteiger partial charge on any atom is -0.464 e. The largest absolute Gasteiger partial charge is 0.464 e. The van der Waals surface area contributed by atoms with Crippen LogP contribution in [0.1, 0.15) is 34.1 Å². The number of hydrogen-bond donors (Lipinski definition) is 0. The van der Waals surface area contributed by atoms with Crippen molar-refractivity contribution in [2.24, 2.45) is 0 Å². The lowest BCUT2D eigenvalue weighted by Gasteiger charge is -2.17. The summed E-state index contributed by atoms with van der Waals surface area (Å²) in [6, 6.07) is 0. The number of allylic oxidation sites excluding steroid dienone is 5. The van der Waals surface area contributed by atoms with Crippen molar-refractivity contribution in [1.82, 2.24) is 0 Å². The number of rotatable bonds is 10. The number of esters is 1. The molecule has 0 aliphatic carbocycles. The van der Waals surface area contributed by atoms with Crippen molar-refractivity contribution in [1.29, 1.82) is 0 Å². The van der Waals surface area contributed by atoms with Crippen LogP contribution in [0.15, 0.2) is 36.1 Å². The third-order valence-corrected chi connectivity index (χ3v) is 3.74. The highest BCUT2D eigenvalue weighted by molar-refractivity contribution is 7.47.